The van der Waals surface area contributed by atoms with E-state index >= 15 is 0 Å². The molecule has 0 aromatic heterocycles. The van der Waals surface area contributed by atoms with Crippen LogP contribution in [-0.2, 0) is 11.3 Å². The molecule has 1 aliphatic heterocycles. The molecular formula is C25H18N2O7S. The molecule has 1 aliphatic rings. The highest BCUT2D eigenvalue weighted by atomic mass is 32.2. The number of esters is 1. The standard InChI is InChI=1S/C25H18N2O7S/c1-33-21-12-17(10-11-20(21)34-24(29)18-8-5-9-19(14-18)27(31)32)13-22-23(28)26(25(30)35-22)15-16-6-3-2-4-7-16/h2-14H,15H2,1H3/b22-13-. The summed E-state index contributed by atoms with van der Waals surface area (Å²) in [6.45, 7) is 0.179. The zero-order valence-electron chi connectivity index (χ0n) is 18.4. The molecule has 3 aromatic rings. The van der Waals surface area contributed by atoms with E-state index in [2.05, 4.69) is 0 Å². The van der Waals surface area contributed by atoms with Gasteiger partial charge < -0.3 is 9.47 Å². The van der Waals surface area contributed by atoms with Crippen molar-refractivity contribution in [3.8, 4) is 11.5 Å². The number of rotatable bonds is 7. The summed E-state index contributed by atoms with van der Waals surface area (Å²) in [6.07, 6.45) is 1.56. The quantitative estimate of drug-likeness (QED) is 0.148. The highest BCUT2D eigenvalue weighted by Crippen LogP contribution is 2.35. The number of non-ortho nitro benzene ring substituents is 1. The molecule has 0 atom stereocenters. The normalized spacial score (nSPS) is 14.3. The van der Waals surface area contributed by atoms with E-state index in [1.165, 1.54) is 36.3 Å². The number of ether oxygens (including phenoxy) is 2. The number of carbonyl (C=O) groups is 3. The van der Waals surface area contributed by atoms with Crippen molar-refractivity contribution in [3.63, 3.8) is 0 Å². The van der Waals surface area contributed by atoms with Crippen molar-refractivity contribution in [1.82, 2.24) is 4.90 Å². The van der Waals surface area contributed by atoms with Crippen LogP contribution in [0.4, 0.5) is 10.5 Å². The van der Waals surface area contributed by atoms with Gasteiger partial charge >= 0.3 is 5.97 Å². The van der Waals surface area contributed by atoms with Crippen LogP contribution in [0.5, 0.6) is 11.5 Å². The summed E-state index contributed by atoms with van der Waals surface area (Å²) in [7, 11) is 1.39. The SMILES string of the molecule is COc1cc(/C=C2\SC(=O)N(Cc3ccccc3)C2=O)ccc1OC(=O)c1cccc([N+](=O)[O-])c1. The molecule has 0 spiro atoms. The summed E-state index contributed by atoms with van der Waals surface area (Å²) in [5.41, 5.74) is 1.18. The van der Waals surface area contributed by atoms with Crippen molar-refractivity contribution >= 4 is 40.6 Å². The molecule has 10 heteroatoms. The van der Waals surface area contributed by atoms with Crippen molar-refractivity contribution in [2.24, 2.45) is 0 Å². The average Bonchev–Trinajstić information content (AvgIpc) is 3.12. The molecule has 0 saturated carbocycles. The van der Waals surface area contributed by atoms with Gasteiger partial charge in [-0.2, -0.15) is 0 Å². The molecule has 0 radical (unpaired) electrons. The first-order chi connectivity index (χ1) is 16.9. The van der Waals surface area contributed by atoms with Crippen molar-refractivity contribution in [2.45, 2.75) is 6.54 Å². The Balaban J connectivity index is 1.52. The Morgan fingerprint density at radius 3 is 2.51 bits per heavy atom. The number of imide groups is 1. The summed E-state index contributed by atoms with van der Waals surface area (Å²) < 4.78 is 10.7. The molecule has 1 fully saturated rings. The van der Waals surface area contributed by atoms with E-state index in [0.29, 0.717) is 5.56 Å². The molecule has 176 valence electrons. The van der Waals surface area contributed by atoms with E-state index in [0.717, 1.165) is 23.4 Å². The number of thioether (sulfide) groups is 1. The van der Waals surface area contributed by atoms with Gasteiger partial charge in [0.1, 0.15) is 0 Å². The fourth-order valence-corrected chi connectivity index (χ4v) is 4.16. The Kier molecular flexibility index (Phi) is 6.93. The van der Waals surface area contributed by atoms with Crippen LogP contribution >= 0.6 is 11.8 Å². The van der Waals surface area contributed by atoms with Gasteiger partial charge in [0, 0.05) is 12.1 Å². The Hall–Kier alpha value is -4.44. The largest absolute Gasteiger partial charge is 0.493 e. The highest BCUT2D eigenvalue weighted by Gasteiger charge is 2.35. The molecule has 0 N–H and O–H groups in total. The molecule has 9 nitrogen and oxygen atoms in total. The van der Waals surface area contributed by atoms with Crippen LogP contribution in [-0.4, -0.2) is 34.0 Å². The fraction of sp³-hybridized carbons (Fsp3) is 0.0800. The minimum Gasteiger partial charge on any atom is -0.493 e. The van der Waals surface area contributed by atoms with Crippen LogP contribution in [0, 0.1) is 10.1 Å². The monoisotopic (exact) mass is 490 g/mol. The average molecular weight is 490 g/mol. The van der Waals surface area contributed by atoms with E-state index in [-0.39, 0.29) is 39.4 Å². The molecule has 1 saturated heterocycles. The molecule has 0 aliphatic carbocycles. The number of hydrogen-bond acceptors (Lipinski definition) is 8. The van der Waals surface area contributed by atoms with Gasteiger partial charge in [-0.25, -0.2) is 4.79 Å². The Morgan fingerprint density at radius 1 is 1.03 bits per heavy atom. The smallest absolute Gasteiger partial charge is 0.343 e. The minimum atomic E-state index is -0.790. The first kappa shape index (κ1) is 23.7. The van der Waals surface area contributed by atoms with Crippen LogP contribution in [0.3, 0.4) is 0 Å². The van der Waals surface area contributed by atoms with Gasteiger partial charge in [-0.05, 0) is 47.2 Å². The predicted octanol–water partition coefficient (Wildman–Crippen LogP) is 5.06. The number of amides is 2. The van der Waals surface area contributed by atoms with E-state index in [1.807, 2.05) is 30.3 Å². The summed E-state index contributed by atoms with van der Waals surface area (Å²) in [4.78, 5) is 49.4. The third kappa shape index (κ3) is 5.39. The molecule has 0 unspecified atom stereocenters. The molecular weight excluding hydrogens is 472 g/mol. The van der Waals surface area contributed by atoms with Gasteiger partial charge in [0.15, 0.2) is 11.5 Å². The van der Waals surface area contributed by atoms with E-state index in [1.54, 1.807) is 18.2 Å². The molecule has 1 heterocycles. The van der Waals surface area contributed by atoms with Crippen molar-refractivity contribution in [1.29, 1.82) is 0 Å². The second kappa shape index (κ2) is 10.2. The number of nitro benzene ring substituents is 1. The second-order valence-electron chi connectivity index (χ2n) is 7.36. The summed E-state index contributed by atoms with van der Waals surface area (Å²) >= 11 is 0.842. The van der Waals surface area contributed by atoms with Gasteiger partial charge in [-0.15, -0.1) is 0 Å². The zero-order chi connectivity index (χ0) is 24.9. The van der Waals surface area contributed by atoms with Crippen LogP contribution < -0.4 is 9.47 Å². The Morgan fingerprint density at radius 2 is 1.80 bits per heavy atom. The topological polar surface area (TPSA) is 116 Å². The fourth-order valence-electron chi connectivity index (χ4n) is 3.32. The second-order valence-corrected chi connectivity index (χ2v) is 8.35. The van der Waals surface area contributed by atoms with Gasteiger partial charge in [0.05, 0.1) is 29.0 Å². The first-order valence-corrected chi connectivity index (χ1v) is 11.1. The first-order valence-electron chi connectivity index (χ1n) is 10.3. The molecule has 4 rings (SSSR count). The number of carbonyl (C=O) groups excluding carboxylic acids is 3. The van der Waals surface area contributed by atoms with Gasteiger partial charge in [-0.3, -0.25) is 24.6 Å². The number of nitrogens with zero attached hydrogens (tertiary/aromatic N) is 2. The Labute approximate surface area is 204 Å². The van der Waals surface area contributed by atoms with E-state index < -0.39 is 16.8 Å². The lowest BCUT2D eigenvalue weighted by Crippen LogP contribution is -2.27. The van der Waals surface area contributed by atoms with Crippen LogP contribution in [0.1, 0.15) is 21.5 Å². The lowest BCUT2D eigenvalue weighted by Gasteiger charge is -2.12. The number of hydrogen-bond donors (Lipinski definition) is 0. The van der Waals surface area contributed by atoms with Crippen molar-refractivity contribution in [3.05, 3.63) is 105 Å². The van der Waals surface area contributed by atoms with Crippen molar-refractivity contribution < 1.29 is 28.8 Å². The molecule has 2 amide bonds. The number of nitro groups is 1. The van der Waals surface area contributed by atoms with E-state index in [4.69, 9.17) is 9.47 Å². The zero-order valence-corrected chi connectivity index (χ0v) is 19.2. The maximum atomic E-state index is 12.8. The Bertz CT molecular complexity index is 1350. The molecule has 3 aromatic carbocycles. The number of benzene rings is 3. The minimum absolute atomic E-state index is 0.0115. The van der Waals surface area contributed by atoms with Gasteiger partial charge in [-0.1, -0.05) is 42.5 Å². The summed E-state index contributed by atoms with van der Waals surface area (Å²) in [5, 5.41) is 10.6. The van der Waals surface area contributed by atoms with Gasteiger partial charge in [0.25, 0.3) is 16.8 Å². The lowest BCUT2D eigenvalue weighted by atomic mass is 10.1. The maximum Gasteiger partial charge on any atom is 0.343 e. The molecule has 0 bridgehead atoms. The van der Waals surface area contributed by atoms with Gasteiger partial charge in [0.2, 0.25) is 0 Å². The summed E-state index contributed by atoms with van der Waals surface area (Å²) in [5.74, 6) is -0.884. The number of methoxy groups -OCH3 is 1. The van der Waals surface area contributed by atoms with Crippen LogP contribution in [0.15, 0.2) is 77.7 Å². The lowest BCUT2D eigenvalue weighted by molar-refractivity contribution is -0.384. The van der Waals surface area contributed by atoms with Crippen LogP contribution in [0.2, 0.25) is 0 Å². The van der Waals surface area contributed by atoms with E-state index in [9.17, 15) is 24.5 Å². The third-order valence-electron chi connectivity index (χ3n) is 5.04. The predicted molar refractivity (Wildman–Crippen MR) is 129 cm³/mol. The summed E-state index contributed by atoms with van der Waals surface area (Å²) in [6, 6.07) is 19.0. The maximum absolute atomic E-state index is 12.8. The van der Waals surface area contributed by atoms with Crippen LogP contribution in [0.25, 0.3) is 6.08 Å². The molecule has 35 heavy (non-hydrogen) atoms. The van der Waals surface area contributed by atoms with Crippen molar-refractivity contribution in [2.75, 3.05) is 7.11 Å². The highest BCUT2D eigenvalue weighted by molar-refractivity contribution is 8.18. The third-order valence-corrected chi connectivity index (χ3v) is 5.95.